The van der Waals surface area contributed by atoms with Gasteiger partial charge in [-0.25, -0.2) is 9.97 Å². The van der Waals surface area contributed by atoms with Crippen LogP contribution >= 0.6 is 0 Å². The highest BCUT2D eigenvalue weighted by atomic mass is 16.5. The number of aromatic amines is 1. The standard InChI is InChI=1S/C14H22N6O/c1-11-16-14(18-17-11)12-4-3-6-20(12)10-13-15-5-7-19(13)8-9-21-2/h5,7,12H,3-4,6,8-10H2,1-2H3,(H,16,17,18). The highest BCUT2D eigenvalue weighted by molar-refractivity contribution is 5.01. The number of ether oxygens (including phenoxy) is 1. The molecule has 1 aliphatic rings. The van der Waals surface area contributed by atoms with Gasteiger partial charge in [0.1, 0.15) is 11.6 Å². The second-order valence-electron chi connectivity index (χ2n) is 5.44. The van der Waals surface area contributed by atoms with Crippen LogP contribution in [0.2, 0.25) is 0 Å². The van der Waals surface area contributed by atoms with Crippen LogP contribution in [0.25, 0.3) is 0 Å². The fourth-order valence-corrected chi connectivity index (χ4v) is 2.88. The molecule has 0 amide bonds. The maximum atomic E-state index is 5.15. The fraction of sp³-hybridized carbons (Fsp3) is 0.643. The zero-order valence-electron chi connectivity index (χ0n) is 12.6. The quantitative estimate of drug-likeness (QED) is 0.868. The van der Waals surface area contributed by atoms with Gasteiger partial charge in [-0.1, -0.05) is 0 Å². The summed E-state index contributed by atoms with van der Waals surface area (Å²) in [5.74, 6) is 2.85. The summed E-state index contributed by atoms with van der Waals surface area (Å²) in [7, 11) is 1.72. The lowest BCUT2D eigenvalue weighted by atomic mass is 10.2. The molecule has 2 aromatic heterocycles. The summed E-state index contributed by atoms with van der Waals surface area (Å²) in [6, 6.07) is 0.294. The van der Waals surface area contributed by atoms with Gasteiger partial charge < -0.3 is 9.30 Å². The predicted octanol–water partition coefficient (Wildman–Crippen LogP) is 1.29. The van der Waals surface area contributed by atoms with Gasteiger partial charge >= 0.3 is 0 Å². The molecule has 0 aromatic carbocycles. The Morgan fingerprint density at radius 2 is 2.38 bits per heavy atom. The number of nitrogens with one attached hydrogen (secondary N) is 1. The second kappa shape index (κ2) is 6.36. The number of imidazole rings is 1. The van der Waals surface area contributed by atoms with Gasteiger partial charge in [-0.3, -0.25) is 10.00 Å². The lowest BCUT2D eigenvalue weighted by molar-refractivity contribution is 0.182. The van der Waals surface area contributed by atoms with Crippen LogP contribution < -0.4 is 0 Å². The first kappa shape index (κ1) is 14.2. The Morgan fingerprint density at radius 1 is 1.48 bits per heavy atom. The Labute approximate surface area is 124 Å². The van der Waals surface area contributed by atoms with Gasteiger partial charge in [0.2, 0.25) is 0 Å². The van der Waals surface area contributed by atoms with E-state index in [-0.39, 0.29) is 0 Å². The number of nitrogens with zero attached hydrogens (tertiary/aromatic N) is 5. The fourth-order valence-electron chi connectivity index (χ4n) is 2.88. The van der Waals surface area contributed by atoms with Crippen molar-refractivity contribution in [2.24, 2.45) is 0 Å². The summed E-state index contributed by atoms with van der Waals surface area (Å²) in [5, 5.41) is 7.26. The molecule has 2 aromatic rings. The summed E-state index contributed by atoms with van der Waals surface area (Å²) in [6.07, 6.45) is 6.15. The molecule has 1 unspecified atom stereocenters. The molecular weight excluding hydrogens is 268 g/mol. The highest BCUT2D eigenvalue weighted by Gasteiger charge is 2.29. The van der Waals surface area contributed by atoms with Crippen LogP contribution in [0.1, 0.15) is 36.4 Å². The number of likely N-dealkylation sites (tertiary alicyclic amines) is 1. The maximum Gasteiger partial charge on any atom is 0.167 e. The summed E-state index contributed by atoms with van der Waals surface area (Å²) in [5.41, 5.74) is 0. The van der Waals surface area contributed by atoms with Gasteiger partial charge in [0.25, 0.3) is 0 Å². The van der Waals surface area contributed by atoms with E-state index in [4.69, 9.17) is 4.74 Å². The van der Waals surface area contributed by atoms with Gasteiger partial charge in [-0.15, -0.1) is 0 Å². The topological polar surface area (TPSA) is 71.9 Å². The van der Waals surface area contributed by atoms with Crippen LogP contribution in [0, 0.1) is 6.92 Å². The third-order valence-corrected chi connectivity index (χ3v) is 3.96. The van der Waals surface area contributed by atoms with Crippen molar-refractivity contribution < 1.29 is 4.74 Å². The Morgan fingerprint density at radius 3 is 3.14 bits per heavy atom. The van der Waals surface area contributed by atoms with Crippen LogP contribution in [-0.4, -0.2) is 49.9 Å². The molecule has 1 atom stereocenters. The third-order valence-electron chi connectivity index (χ3n) is 3.96. The Bertz CT molecular complexity index is 578. The largest absolute Gasteiger partial charge is 0.383 e. The summed E-state index contributed by atoms with van der Waals surface area (Å²) in [6.45, 7) is 5.37. The summed E-state index contributed by atoms with van der Waals surface area (Å²) >= 11 is 0. The molecule has 7 heteroatoms. The molecule has 21 heavy (non-hydrogen) atoms. The number of hydrogen-bond acceptors (Lipinski definition) is 5. The van der Waals surface area contributed by atoms with Crippen LogP contribution in [0.3, 0.4) is 0 Å². The van der Waals surface area contributed by atoms with Crippen molar-refractivity contribution in [1.29, 1.82) is 0 Å². The normalized spacial score (nSPS) is 19.4. The van der Waals surface area contributed by atoms with E-state index in [9.17, 15) is 0 Å². The molecule has 0 radical (unpaired) electrons. The molecular formula is C14H22N6O. The molecule has 0 spiro atoms. The van der Waals surface area contributed by atoms with Crippen molar-refractivity contribution in [2.45, 2.75) is 38.9 Å². The SMILES string of the molecule is COCCn1ccnc1CN1CCCC1c1n[nH]c(C)n1. The minimum Gasteiger partial charge on any atom is -0.383 e. The zero-order chi connectivity index (χ0) is 14.7. The summed E-state index contributed by atoms with van der Waals surface area (Å²) < 4.78 is 7.30. The highest BCUT2D eigenvalue weighted by Crippen LogP contribution is 2.30. The molecule has 0 saturated carbocycles. The minimum atomic E-state index is 0.294. The van der Waals surface area contributed by atoms with Crippen molar-refractivity contribution in [3.63, 3.8) is 0 Å². The van der Waals surface area contributed by atoms with Gasteiger partial charge in [-0.2, -0.15) is 5.10 Å². The Kier molecular flexibility index (Phi) is 4.31. The second-order valence-corrected chi connectivity index (χ2v) is 5.44. The number of hydrogen-bond donors (Lipinski definition) is 1. The molecule has 1 fully saturated rings. The van der Waals surface area contributed by atoms with Crippen LogP contribution in [0.4, 0.5) is 0 Å². The number of aromatic nitrogens is 5. The lowest BCUT2D eigenvalue weighted by Crippen LogP contribution is -2.25. The smallest absolute Gasteiger partial charge is 0.167 e. The molecule has 0 bridgehead atoms. The third kappa shape index (κ3) is 3.14. The van der Waals surface area contributed by atoms with Gasteiger partial charge in [0.05, 0.1) is 19.2 Å². The van der Waals surface area contributed by atoms with E-state index in [0.29, 0.717) is 12.6 Å². The number of aryl methyl sites for hydroxylation is 1. The maximum absolute atomic E-state index is 5.15. The Hall–Kier alpha value is -1.73. The monoisotopic (exact) mass is 290 g/mol. The average Bonchev–Trinajstić information content (AvgIpc) is 3.18. The van der Waals surface area contributed by atoms with E-state index in [0.717, 1.165) is 43.5 Å². The van der Waals surface area contributed by atoms with Crippen molar-refractivity contribution in [2.75, 3.05) is 20.3 Å². The first-order chi connectivity index (χ1) is 10.3. The molecule has 1 aliphatic heterocycles. The average molecular weight is 290 g/mol. The molecule has 0 aliphatic carbocycles. The number of rotatable bonds is 6. The van der Waals surface area contributed by atoms with Gasteiger partial charge in [0.15, 0.2) is 5.82 Å². The Balaban J connectivity index is 1.70. The van der Waals surface area contributed by atoms with Gasteiger partial charge in [-0.05, 0) is 26.3 Å². The van der Waals surface area contributed by atoms with Crippen molar-refractivity contribution in [1.82, 2.24) is 29.6 Å². The molecule has 114 valence electrons. The van der Waals surface area contributed by atoms with Crippen molar-refractivity contribution >= 4 is 0 Å². The minimum absolute atomic E-state index is 0.294. The first-order valence-corrected chi connectivity index (χ1v) is 7.40. The first-order valence-electron chi connectivity index (χ1n) is 7.40. The molecule has 1 saturated heterocycles. The molecule has 1 N–H and O–H groups in total. The van der Waals surface area contributed by atoms with E-state index < -0.39 is 0 Å². The number of H-pyrrole nitrogens is 1. The van der Waals surface area contributed by atoms with E-state index in [1.807, 2.05) is 19.3 Å². The molecule has 7 nitrogen and oxygen atoms in total. The number of methoxy groups -OCH3 is 1. The van der Waals surface area contributed by atoms with E-state index in [1.54, 1.807) is 7.11 Å². The zero-order valence-corrected chi connectivity index (χ0v) is 12.6. The van der Waals surface area contributed by atoms with E-state index >= 15 is 0 Å². The summed E-state index contributed by atoms with van der Waals surface area (Å²) in [4.78, 5) is 11.4. The van der Waals surface area contributed by atoms with Crippen LogP contribution in [0.5, 0.6) is 0 Å². The van der Waals surface area contributed by atoms with Gasteiger partial charge in [0, 0.05) is 26.0 Å². The van der Waals surface area contributed by atoms with Crippen molar-refractivity contribution in [3.05, 3.63) is 29.9 Å². The van der Waals surface area contributed by atoms with Crippen LogP contribution in [-0.2, 0) is 17.8 Å². The van der Waals surface area contributed by atoms with E-state index in [2.05, 4.69) is 29.6 Å². The van der Waals surface area contributed by atoms with Crippen molar-refractivity contribution in [3.8, 4) is 0 Å². The van der Waals surface area contributed by atoms with E-state index in [1.165, 1.54) is 6.42 Å². The molecule has 3 heterocycles. The predicted molar refractivity (Wildman–Crippen MR) is 77.6 cm³/mol. The van der Waals surface area contributed by atoms with Crippen LogP contribution in [0.15, 0.2) is 12.4 Å². The lowest BCUT2D eigenvalue weighted by Gasteiger charge is -2.22. The molecule has 3 rings (SSSR count).